The first-order valence-electron chi connectivity index (χ1n) is 7.22. The normalized spacial score (nSPS) is 18.6. The van der Waals surface area contributed by atoms with Gasteiger partial charge in [-0.3, -0.25) is 4.90 Å². The van der Waals surface area contributed by atoms with Crippen LogP contribution in [0, 0.1) is 0 Å². The van der Waals surface area contributed by atoms with Gasteiger partial charge in [0.1, 0.15) is 5.60 Å². The van der Waals surface area contributed by atoms with E-state index in [2.05, 4.69) is 17.3 Å². The highest BCUT2D eigenvalue weighted by Crippen LogP contribution is 2.23. The number of nitrogens with zero attached hydrogens (tertiary/aromatic N) is 1. The van der Waals surface area contributed by atoms with Gasteiger partial charge in [-0.2, -0.15) is 0 Å². The van der Waals surface area contributed by atoms with Crippen molar-refractivity contribution in [3.63, 3.8) is 0 Å². The summed E-state index contributed by atoms with van der Waals surface area (Å²) in [5.74, 6) is 0. The fourth-order valence-corrected chi connectivity index (χ4v) is 2.52. The second-order valence-electron chi connectivity index (χ2n) is 6.38. The van der Waals surface area contributed by atoms with Crippen LogP contribution in [0.3, 0.4) is 0 Å². The maximum Gasteiger partial charge on any atom is 0.407 e. The van der Waals surface area contributed by atoms with Gasteiger partial charge in [0.15, 0.2) is 0 Å². The molecular formula is C14H29N3O2. The number of rotatable bonds is 5. The van der Waals surface area contributed by atoms with Crippen molar-refractivity contribution in [2.45, 2.75) is 64.1 Å². The van der Waals surface area contributed by atoms with Gasteiger partial charge in [-0.1, -0.05) is 12.8 Å². The summed E-state index contributed by atoms with van der Waals surface area (Å²) in [7, 11) is 2.10. The molecule has 112 valence electrons. The Hall–Kier alpha value is -0.810. The Bertz CT molecular complexity index is 283. The molecular weight excluding hydrogens is 242 g/mol. The second kappa shape index (κ2) is 7.10. The maximum absolute atomic E-state index is 11.6. The molecule has 1 aliphatic rings. The number of hydrogen-bond donors (Lipinski definition) is 2. The molecule has 1 amide bonds. The average molecular weight is 271 g/mol. The number of amides is 1. The Morgan fingerprint density at radius 2 is 2.00 bits per heavy atom. The molecule has 5 heteroatoms. The van der Waals surface area contributed by atoms with Crippen molar-refractivity contribution in [2.24, 2.45) is 5.73 Å². The molecule has 0 aromatic rings. The van der Waals surface area contributed by atoms with Crippen LogP contribution in [0.1, 0.15) is 46.5 Å². The van der Waals surface area contributed by atoms with Crippen molar-refractivity contribution < 1.29 is 9.53 Å². The molecule has 1 unspecified atom stereocenters. The average Bonchev–Trinajstić information content (AvgIpc) is 2.80. The lowest BCUT2D eigenvalue weighted by molar-refractivity contribution is 0.0505. The third-order valence-corrected chi connectivity index (χ3v) is 3.63. The molecule has 0 aromatic carbocycles. The number of nitrogens with one attached hydrogen (secondary N) is 1. The Balaban J connectivity index is 2.37. The molecule has 5 nitrogen and oxygen atoms in total. The van der Waals surface area contributed by atoms with Crippen LogP contribution in [0.5, 0.6) is 0 Å². The maximum atomic E-state index is 11.6. The van der Waals surface area contributed by atoms with E-state index in [4.69, 9.17) is 10.5 Å². The number of ether oxygens (including phenoxy) is 1. The molecule has 0 spiro atoms. The number of nitrogens with two attached hydrogens (primary N) is 1. The molecule has 0 radical (unpaired) electrons. The summed E-state index contributed by atoms with van der Waals surface area (Å²) in [5.41, 5.74) is 5.36. The third-order valence-electron chi connectivity index (χ3n) is 3.63. The van der Waals surface area contributed by atoms with Gasteiger partial charge in [-0.15, -0.1) is 0 Å². The lowest BCUT2D eigenvalue weighted by atomic mass is 10.1. The molecule has 0 aromatic heterocycles. The van der Waals surface area contributed by atoms with Crippen LogP contribution in [0.4, 0.5) is 4.79 Å². The van der Waals surface area contributed by atoms with E-state index in [0.29, 0.717) is 19.1 Å². The van der Waals surface area contributed by atoms with Crippen LogP contribution >= 0.6 is 0 Å². The highest BCUT2D eigenvalue weighted by Gasteiger charge is 2.25. The summed E-state index contributed by atoms with van der Waals surface area (Å²) in [6, 6.07) is 0.782. The number of alkyl carbamates (subject to hydrolysis) is 1. The number of hydrogen-bond acceptors (Lipinski definition) is 4. The predicted molar refractivity (Wildman–Crippen MR) is 77.1 cm³/mol. The summed E-state index contributed by atoms with van der Waals surface area (Å²) in [6.45, 7) is 6.66. The zero-order valence-corrected chi connectivity index (χ0v) is 12.7. The standard InChI is InChI=1S/C14H29N3O2/c1-14(2,3)19-13(18)16-10-12(9-15)17(4)11-7-5-6-8-11/h11-12H,5-10,15H2,1-4H3,(H,16,18). The van der Waals surface area contributed by atoms with E-state index in [1.807, 2.05) is 20.8 Å². The molecule has 0 heterocycles. The monoisotopic (exact) mass is 271 g/mol. The summed E-state index contributed by atoms with van der Waals surface area (Å²) in [4.78, 5) is 13.9. The lowest BCUT2D eigenvalue weighted by Crippen LogP contribution is -2.50. The third kappa shape index (κ3) is 5.78. The largest absolute Gasteiger partial charge is 0.444 e. The summed E-state index contributed by atoms with van der Waals surface area (Å²) >= 11 is 0. The smallest absolute Gasteiger partial charge is 0.407 e. The Morgan fingerprint density at radius 1 is 1.42 bits per heavy atom. The fraction of sp³-hybridized carbons (Fsp3) is 0.929. The van der Waals surface area contributed by atoms with E-state index in [-0.39, 0.29) is 12.1 Å². The zero-order chi connectivity index (χ0) is 14.5. The van der Waals surface area contributed by atoms with E-state index in [9.17, 15) is 4.79 Å². The van der Waals surface area contributed by atoms with Crippen molar-refractivity contribution in [1.29, 1.82) is 0 Å². The van der Waals surface area contributed by atoms with Crippen molar-refractivity contribution in [1.82, 2.24) is 10.2 Å². The van der Waals surface area contributed by atoms with Gasteiger partial charge >= 0.3 is 6.09 Å². The Labute approximate surface area is 116 Å². The molecule has 19 heavy (non-hydrogen) atoms. The van der Waals surface area contributed by atoms with E-state index in [1.165, 1.54) is 25.7 Å². The van der Waals surface area contributed by atoms with Crippen LogP contribution in [0.25, 0.3) is 0 Å². The van der Waals surface area contributed by atoms with Crippen LogP contribution in [-0.4, -0.2) is 48.8 Å². The minimum absolute atomic E-state index is 0.176. The highest BCUT2D eigenvalue weighted by molar-refractivity contribution is 5.67. The summed E-state index contributed by atoms with van der Waals surface area (Å²) < 4.78 is 5.23. The van der Waals surface area contributed by atoms with Crippen molar-refractivity contribution in [3.8, 4) is 0 Å². The molecule has 1 atom stereocenters. The summed E-state index contributed by atoms with van der Waals surface area (Å²) in [5, 5.41) is 2.81. The molecule has 1 rings (SSSR count). The van der Waals surface area contributed by atoms with Crippen LogP contribution in [-0.2, 0) is 4.74 Å². The van der Waals surface area contributed by atoms with E-state index < -0.39 is 5.60 Å². The lowest BCUT2D eigenvalue weighted by Gasteiger charge is -2.32. The molecule has 1 aliphatic carbocycles. The SMILES string of the molecule is CN(C1CCCC1)C(CN)CNC(=O)OC(C)(C)C. The van der Waals surface area contributed by atoms with E-state index >= 15 is 0 Å². The number of carbonyl (C=O) groups excluding carboxylic acids is 1. The van der Waals surface area contributed by atoms with Gasteiger partial charge in [0.25, 0.3) is 0 Å². The first kappa shape index (κ1) is 16.2. The number of carbonyl (C=O) groups is 1. The molecule has 0 bridgehead atoms. The quantitative estimate of drug-likeness (QED) is 0.799. The van der Waals surface area contributed by atoms with Gasteiger partial charge in [0.2, 0.25) is 0 Å². The van der Waals surface area contributed by atoms with Crippen molar-refractivity contribution >= 4 is 6.09 Å². The first-order chi connectivity index (χ1) is 8.83. The zero-order valence-electron chi connectivity index (χ0n) is 12.7. The van der Waals surface area contributed by atoms with Gasteiger partial charge < -0.3 is 15.8 Å². The minimum Gasteiger partial charge on any atom is -0.444 e. The van der Waals surface area contributed by atoms with Crippen LogP contribution in [0.15, 0.2) is 0 Å². The fourth-order valence-electron chi connectivity index (χ4n) is 2.52. The van der Waals surface area contributed by atoms with E-state index in [0.717, 1.165) is 0 Å². The second-order valence-corrected chi connectivity index (χ2v) is 6.38. The van der Waals surface area contributed by atoms with Crippen molar-refractivity contribution in [3.05, 3.63) is 0 Å². The van der Waals surface area contributed by atoms with Crippen LogP contribution in [0.2, 0.25) is 0 Å². The van der Waals surface area contributed by atoms with E-state index in [1.54, 1.807) is 0 Å². The first-order valence-corrected chi connectivity index (χ1v) is 7.22. The molecule has 0 aliphatic heterocycles. The predicted octanol–water partition coefficient (Wildman–Crippen LogP) is 1.71. The van der Waals surface area contributed by atoms with Gasteiger partial charge in [0, 0.05) is 25.2 Å². The van der Waals surface area contributed by atoms with Crippen molar-refractivity contribution in [2.75, 3.05) is 20.1 Å². The van der Waals surface area contributed by atoms with Gasteiger partial charge in [-0.05, 0) is 40.7 Å². The molecule has 1 saturated carbocycles. The summed E-state index contributed by atoms with van der Waals surface area (Å²) in [6.07, 6.45) is 4.70. The molecule has 0 saturated heterocycles. The topological polar surface area (TPSA) is 67.6 Å². The highest BCUT2D eigenvalue weighted by atomic mass is 16.6. The number of likely N-dealkylation sites (N-methyl/N-ethyl adjacent to an activating group) is 1. The van der Waals surface area contributed by atoms with Gasteiger partial charge in [-0.25, -0.2) is 4.79 Å². The molecule has 1 fully saturated rings. The van der Waals surface area contributed by atoms with Crippen LogP contribution < -0.4 is 11.1 Å². The Kier molecular flexibility index (Phi) is 6.07. The minimum atomic E-state index is -0.459. The van der Waals surface area contributed by atoms with Gasteiger partial charge in [0.05, 0.1) is 0 Å². The Morgan fingerprint density at radius 3 is 2.47 bits per heavy atom. The molecule has 3 N–H and O–H groups in total.